The van der Waals surface area contributed by atoms with Gasteiger partial charge in [-0.2, -0.15) is 0 Å². The summed E-state index contributed by atoms with van der Waals surface area (Å²) in [5.74, 6) is -0.272. The largest absolute Gasteiger partial charge is 0.357 e. The normalized spacial score (nSPS) is 11.7. The first-order valence-corrected chi connectivity index (χ1v) is 9.01. The zero-order valence-corrected chi connectivity index (χ0v) is 16.4. The summed E-state index contributed by atoms with van der Waals surface area (Å²) >= 11 is 5.94. The van der Waals surface area contributed by atoms with Crippen molar-refractivity contribution < 1.29 is 9.59 Å². The fourth-order valence-corrected chi connectivity index (χ4v) is 2.89. The van der Waals surface area contributed by atoms with Crippen molar-refractivity contribution in [2.45, 2.75) is 39.8 Å². The van der Waals surface area contributed by atoms with Gasteiger partial charge in [0.25, 0.3) is 0 Å². The molecule has 0 fully saturated rings. The van der Waals surface area contributed by atoms with Gasteiger partial charge in [-0.15, -0.1) is 0 Å². The van der Waals surface area contributed by atoms with Crippen LogP contribution in [0, 0.1) is 13.8 Å². The van der Waals surface area contributed by atoms with Crippen molar-refractivity contribution in [1.29, 1.82) is 0 Å². The second kappa shape index (κ2) is 8.86. The van der Waals surface area contributed by atoms with Crippen LogP contribution >= 0.6 is 11.6 Å². The highest BCUT2D eigenvalue weighted by molar-refractivity contribution is 6.30. The molecule has 2 amide bonds. The fraction of sp³-hybridized carbons (Fsp3) is 0.333. The van der Waals surface area contributed by atoms with Crippen molar-refractivity contribution >= 4 is 23.4 Å². The van der Waals surface area contributed by atoms with E-state index in [4.69, 9.17) is 11.6 Å². The summed E-state index contributed by atoms with van der Waals surface area (Å²) < 4.78 is 0. The maximum Gasteiger partial charge on any atom is 0.242 e. The number of likely N-dealkylation sites (N-methyl/N-ethyl adjacent to an activating group) is 1. The van der Waals surface area contributed by atoms with Crippen molar-refractivity contribution in [3.8, 4) is 0 Å². The van der Waals surface area contributed by atoms with Crippen molar-refractivity contribution in [2.24, 2.45) is 0 Å². The van der Waals surface area contributed by atoms with Crippen LogP contribution in [0.2, 0.25) is 5.02 Å². The molecule has 0 aliphatic carbocycles. The molecule has 0 unspecified atom stereocenters. The molecule has 4 nitrogen and oxygen atoms in total. The van der Waals surface area contributed by atoms with E-state index in [1.807, 2.05) is 44.2 Å². The Balaban J connectivity index is 2.23. The SMILES string of the molecule is CNC(=O)[C@H](C)N(Cc1ccc(Cl)cc1)C(=O)Cc1ccc(C)c(C)c1. The van der Waals surface area contributed by atoms with Crippen LogP contribution in [0.15, 0.2) is 42.5 Å². The first kappa shape index (κ1) is 20.0. The number of benzene rings is 2. The van der Waals surface area contributed by atoms with Gasteiger partial charge in [-0.05, 0) is 55.2 Å². The molecular weight excluding hydrogens is 348 g/mol. The average Bonchev–Trinajstić information content (AvgIpc) is 2.63. The topological polar surface area (TPSA) is 49.4 Å². The maximum absolute atomic E-state index is 13.0. The Morgan fingerprint density at radius 3 is 2.23 bits per heavy atom. The third-order valence-corrected chi connectivity index (χ3v) is 4.86. The van der Waals surface area contributed by atoms with E-state index in [2.05, 4.69) is 5.32 Å². The Bertz CT molecular complexity index is 787. The fourth-order valence-electron chi connectivity index (χ4n) is 2.77. The van der Waals surface area contributed by atoms with Gasteiger partial charge in [0, 0.05) is 18.6 Å². The summed E-state index contributed by atoms with van der Waals surface area (Å²) in [6.07, 6.45) is 0.260. The van der Waals surface area contributed by atoms with E-state index in [-0.39, 0.29) is 18.2 Å². The molecule has 2 aromatic carbocycles. The molecule has 0 bridgehead atoms. The lowest BCUT2D eigenvalue weighted by Crippen LogP contribution is -2.47. The predicted octanol–water partition coefficient (Wildman–Crippen LogP) is 3.66. The first-order chi connectivity index (χ1) is 12.3. The van der Waals surface area contributed by atoms with Crippen molar-refractivity contribution in [1.82, 2.24) is 10.2 Å². The van der Waals surface area contributed by atoms with Gasteiger partial charge in [0.15, 0.2) is 0 Å². The summed E-state index contributed by atoms with van der Waals surface area (Å²) in [5.41, 5.74) is 4.22. The molecule has 138 valence electrons. The number of nitrogens with one attached hydrogen (secondary N) is 1. The molecule has 5 heteroatoms. The summed E-state index contributed by atoms with van der Waals surface area (Å²) in [4.78, 5) is 26.7. The number of amides is 2. The predicted molar refractivity (Wildman–Crippen MR) is 105 cm³/mol. The average molecular weight is 373 g/mol. The molecule has 0 aliphatic rings. The van der Waals surface area contributed by atoms with Crippen LogP contribution in [0.3, 0.4) is 0 Å². The number of rotatable bonds is 6. The second-order valence-corrected chi connectivity index (χ2v) is 6.97. The summed E-state index contributed by atoms with van der Waals surface area (Å²) in [6.45, 7) is 6.17. The molecule has 0 aliphatic heterocycles. The molecule has 1 N–H and O–H groups in total. The van der Waals surface area contributed by atoms with Crippen LogP contribution in [-0.4, -0.2) is 29.8 Å². The minimum atomic E-state index is -0.560. The van der Waals surface area contributed by atoms with Crippen LogP contribution in [0.25, 0.3) is 0 Å². The van der Waals surface area contributed by atoms with E-state index in [0.29, 0.717) is 11.6 Å². The number of hydrogen-bond donors (Lipinski definition) is 1. The summed E-state index contributed by atoms with van der Waals surface area (Å²) in [7, 11) is 1.58. The number of nitrogens with zero attached hydrogens (tertiary/aromatic N) is 1. The number of aryl methyl sites for hydroxylation is 2. The van der Waals surface area contributed by atoms with Gasteiger partial charge in [0.2, 0.25) is 11.8 Å². The lowest BCUT2D eigenvalue weighted by Gasteiger charge is -2.28. The van der Waals surface area contributed by atoms with E-state index in [9.17, 15) is 9.59 Å². The van der Waals surface area contributed by atoms with E-state index in [0.717, 1.165) is 16.7 Å². The third-order valence-electron chi connectivity index (χ3n) is 4.61. The second-order valence-electron chi connectivity index (χ2n) is 6.53. The van der Waals surface area contributed by atoms with Crippen LogP contribution in [0.5, 0.6) is 0 Å². The molecule has 1 atom stereocenters. The van der Waals surface area contributed by atoms with E-state index in [1.165, 1.54) is 5.56 Å². The van der Waals surface area contributed by atoms with Gasteiger partial charge >= 0.3 is 0 Å². The quantitative estimate of drug-likeness (QED) is 0.841. The Hall–Kier alpha value is -2.33. The van der Waals surface area contributed by atoms with Crippen LogP contribution in [0.4, 0.5) is 0 Å². The zero-order chi connectivity index (χ0) is 19.3. The van der Waals surface area contributed by atoms with Gasteiger partial charge in [-0.3, -0.25) is 9.59 Å². The number of carbonyl (C=O) groups excluding carboxylic acids is 2. The molecule has 26 heavy (non-hydrogen) atoms. The minimum absolute atomic E-state index is 0.0840. The van der Waals surface area contributed by atoms with Crippen molar-refractivity contribution in [3.05, 3.63) is 69.7 Å². The molecule has 0 saturated heterocycles. The van der Waals surface area contributed by atoms with Crippen LogP contribution in [-0.2, 0) is 22.6 Å². The highest BCUT2D eigenvalue weighted by Gasteiger charge is 2.25. The Morgan fingerprint density at radius 1 is 1.04 bits per heavy atom. The van der Waals surface area contributed by atoms with Crippen LogP contribution < -0.4 is 5.32 Å². The Labute approximate surface area is 160 Å². The zero-order valence-electron chi connectivity index (χ0n) is 15.7. The molecule has 0 saturated carbocycles. The first-order valence-electron chi connectivity index (χ1n) is 8.63. The van der Waals surface area contributed by atoms with Crippen LogP contribution in [0.1, 0.15) is 29.2 Å². The Morgan fingerprint density at radius 2 is 1.65 bits per heavy atom. The van der Waals surface area contributed by atoms with Gasteiger partial charge < -0.3 is 10.2 Å². The van der Waals surface area contributed by atoms with E-state index in [1.54, 1.807) is 31.0 Å². The van der Waals surface area contributed by atoms with Gasteiger partial charge in [0.05, 0.1) is 6.42 Å². The molecule has 0 radical (unpaired) electrons. The molecule has 2 aromatic rings. The van der Waals surface area contributed by atoms with Gasteiger partial charge in [0.1, 0.15) is 6.04 Å². The molecule has 0 aromatic heterocycles. The Kier molecular flexibility index (Phi) is 6.81. The third kappa shape index (κ3) is 5.09. The highest BCUT2D eigenvalue weighted by atomic mass is 35.5. The monoisotopic (exact) mass is 372 g/mol. The smallest absolute Gasteiger partial charge is 0.242 e. The number of carbonyl (C=O) groups is 2. The lowest BCUT2D eigenvalue weighted by atomic mass is 10.0. The van der Waals surface area contributed by atoms with Crippen molar-refractivity contribution in [2.75, 3.05) is 7.05 Å². The number of hydrogen-bond acceptors (Lipinski definition) is 2. The van der Waals surface area contributed by atoms with E-state index >= 15 is 0 Å². The summed E-state index contributed by atoms with van der Waals surface area (Å²) in [5, 5.41) is 3.26. The molecule has 0 spiro atoms. The maximum atomic E-state index is 13.0. The van der Waals surface area contributed by atoms with Gasteiger partial charge in [-0.1, -0.05) is 41.9 Å². The highest BCUT2D eigenvalue weighted by Crippen LogP contribution is 2.16. The minimum Gasteiger partial charge on any atom is -0.357 e. The number of halogens is 1. The lowest BCUT2D eigenvalue weighted by molar-refractivity contribution is -0.139. The molecule has 0 heterocycles. The summed E-state index contributed by atoms with van der Waals surface area (Å²) in [6, 6.07) is 12.8. The van der Waals surface area contributed by atoms with E-state index < -0.39 is 6.04 Å². The molecular formula is C21H25ClN2O2. The molecule has 2 rings (SSSR count). The van der Waals surface area contributed by atoms with Crippen molar-refractivity contribution in [3.63, 3.8) is 0 Å². The standard InChI is InChI=1S/C21H25ClN2O2/c1-14-5-6-18(11-15(14)2)12-20(25)24(16(3)21(26)23-4)13-17-7-9-19(22)10-8-17/h5-11,16H,12-13H2,1-4H3,(H,23,26)/t16-/m0/s1. The van der Waals surface area contributed by atoms with Gasteiger partial charge in [-0.25, -0.2) is 0 Å².